The molecular weight excluding hydrogens is 283 g/mol. The third-order valence-corrected chi connectivity index (χ3v) is 3.66. The lowest BCUT2D eigenvalue weighted by Gasteiger charge is -2.05. The van der Waals surface area contributed by atoms with Gasteiger partial charge in [0.1, 0.15) is 16.8 Å². The zero-order chi connectivity index (χ0) is 15.3. The van der Waals surface area contributed by atoms with Crippen molar-refractivity contribution < 1.29 is 8.81 Å². The van der Waals surface area contributed by atoms with Gasteiger partial charge in [0.05, 0.1) is 16.9 Å². The molecule has 4 nitrogen and oxygen atoms in total. The van der Waals surface area contributed by atoms with Gasteiger partial charge in [-0.05, 0) is 37.3 Å². The minimum absolute atomic E-state index is 0.355. The van der Waals surface area contributed by atoms with Gasteiger partial charge >= 0.3 is 5.63 Å². The summed E-state index contributed by atoms with van der Waals surface area (Å²) < 4.78 is 20.5. The highest BCUT2D eigenvalue weighted by Crippen LogP contribution is 2.27. The van der Waals surface area contributed by atoms with Gasteiger partial charge in [-0.15, -0.1) is 0 Å². The van der Waals surface area contributed by atoms with Crippen LogP contribution in [0, 0.1) is 12.7 Å². The molecule has 0 unspecified atom stereocenters. The summed E-state index contributed by atoms with van der Waals surface area (Å²) in [5.41, 5.74) is 1.80. The van der Waals surface area contributed by atoms with Crippen molar-refractivity contribution in [3.63, 3.8) is 0 Å². The summed E-state index contributed by atoms with van der Waals surface area (Å²) in [4.78, 5) is 12.2. The molecule has 0 fully saturated rings. The maximum atomic E-state index is 13.5. The Kier molecular flexibility index (Phi) is 2.63. The summed E-state index contributed by atoms with van der Waals surface area (Å²) in [7, 11) is 0. The third kappa shape index (κ3) is 1.75. The molecule has 0 saturated carbocycles. The summed E-state index contributed by atoms with van der Waals surface area (Å²) in [6, 6.07) is 13.4. The molecule has 0 spiro atoms. The molecule has 22 heavy (non-hydrogen) atoms. The highest BCUT2D eigenvalue weighted by molar-refractivity contribution is 6.03. The van der Waals surface area contributed by atoms with Gasteiger partial charge in [-0.2, -0.15) is 5.10 Å². The van der Waals surface area contributed by atoms with Crippen molar-refractivity contribution in [2.45, 2.75) is 6.92 Å². The SMILES string of the molecule is Cc1nn(-c2cccc(F)c2)c2c1c(=O)oc1ccccc12. The van der Waals surface area contributed by atoms with Gasteiger partial charge < -0.3 is 4.42 Å². The van der Waals surface area contributed by atoms with Crippen LogP contribution in [-0.2, 0) is 0 Å². The van der Waals surface area contributed by atoms with Crippen LogP contribution in [0.3, 0.4) is 0 Å². The van der Waals surface area contributed by atoms with Gasteiger partial charge in [-0.25, -0.2) is 13.9 Å². The van der Waals surface area contributed by atoms with Crippen LogP contribution in [0.1, 0.15) is 5.69 Å². The zero-order valence-electron chi connectivity index (χ0n) is 11.7. The van der Waals surface area contributed by atoms with Gasteiger partial charge in [0.25, 0.3) is 0 Å². The molecule has 0 atom stereocenters. The summed E-state index contributed by atoms with van der Waals surface area (Å²) >= 11 is 0. The Morgan fingerprint density at radius 1 is 1.14 bits per heavy atom. The highest BCUT2D eigenvalue weighted by atomic mass is 19.1. The maximum Gasteiger partial charge on any atom is 0.347 e. The van der Waals surface area contributed by atoms with Gasteiger partial charge in [0, 0.05) is 5.39 Å². The molecule has 2 aromatic carbocycles. The Labute approximate surface area is 124 Å². The predicted molar refractivity (Wildman–Crippen MR) is 81.8 cm³/mol. The van der Waals surface area contributed by atoms with Crippen molar-refractivity contribution in [2.24, 2.45) is 0 Å². The second kappa shape index (κ2) is 4.53. The molecule has 0 aliphatic rings. The first kappa shape index (κ1) is 12.8. The van der Waals surface area contributed by atoms with E-state index in [1.54, 1.807) is 35.9 Å². The molecule has 2 aromatic heterocycles. The predicted octanol–water partition coefficient (Wildman–Crippen LogP) is 3.58. The van der Waals surface area contributed by atoms with E-state index in [-0.39, 0.29) is 5.82 Å². The fourth-order valence-electron chi connectivity index (χ4n) is 2.72. The molecule has 0 bridgehead atoms. The quantitative estimate of drug-likeness (QED) is 0.504. The normalized spacial score (nSPS) is 11.4. The summed E-state index contributed by atoms with van der Waals surface area (Å²) in [5.74, 6) is -0.355. The van der Waals surface area contributed by atoms with E-state index < -0.39 is 5.63 Å². The Morgan fingerprint density at radius 3 is 2.77 bits per heavy atom. The van der Waals surface area contributed by atoms with Crippen molar-refractivity contribution in [1.82, 2.24) is 9.78 Å². The molecule has 108 valence electrons. The Balaban J connectivity index is 2.23. The number of para-hydroxylation sites is 1. The van der Waals surface area contributed by atoms with Crippen molar-refractivity contribution in [1.29, 1.82) is 0 Å². The van der Waals surface area contributed by atoms with E-state index in [1.165, 1.54) is 12.1 Å². The summed E-state index contributed by atoms with van der Waals surface area (Å²) in [6.07, 6.45) is 0. The minimum atomic E-state index is -0.436. The fourth-order valence-corrected chi connectivity index (χ4v) is 2.72. The maximum absolute atomic E-state index is 13.5. The molecular formula is C17H11FN2O2. The first-order chi connectivity index (χ1) is 10.6. The van der Waals surface area contributed by atoms with Crippen LogP contribution in [0.15, 0.2) is 57.7 Å². The molecule has 4 rings (SSSR count). The molecule has 0 N–H and O–H groups in total. The van der Waals surface area contributed by atoms with E-state index >= 15 is 0 Å². The van der Waals surface area contributed by atoms with E-state index in [2.05, 4.69) is 5.10 Å². The number of hydrogen-bond acceptors (Lipinski definition) is 3. The third-order valence-electron chi connectivity index (χ3n) is 3.66. The number of aryl methyl sites for hydroxylation is 1. The van der Waals surface area contributed by atoms with Crippen LogP contribution in [0.25, 0.3) is 27.6 Å². The van der Waals surface area contributed by atoms with E-state index in [9.17, 15) is 9.18 Å². The lowest BCUT2D eigenvalue weighted by Crippen LogP contribution is -2.01. The van der Waals surface area contributed by atoms with E-state index in [1.807, 2.05) is 12.1 Å². The minimum Gasteiger partial charge on any atom is -0.422 e. The second-order valence-corrected chi connectivity index (χ2v) is 5.09. The molecule has 0 aliphatic heterocycles. The van der Waals surface area contributed by atoms with Crippen molar-refractivity contribution in [2.75, 3.05) is 0 Å². The molecule has 5 heteroatoms. The Morgan fingerprint density at radius 2 is 1.95 bits per heavy atom. The van der Waals surface area contributed by atoms with Crippen LogP contribution in [0.4, 0.5) is 4.39 Å². The molecule has 4 aromatic rings. The summed E-state index contributed by atoms with van der Waals surface area (Å²) in [6.45, 7) is 1.74. The van der Waals surface area contributed by atoms with Gasteiger partial charge in [-0.3, -0.25) is 0 Å². The number of benzene rings is 2. The molecule has 0 radical (unpaired) electrons. The largest absolute Gasteiger partial charge is 0.422 e. The average molecular weight is 294 g/mol. The van der Waals surface area contributed by atoms with Gasteiger partial charge in [0.15, 0.2) is 0 Å². The first-order valence-electron chi connectivity index (χ1n) is 6.82. The Bertz CT molecular complexity index is 1080. The monoisotopic (exact) mass is 294 g/mol. The van der Waals surface area contributed by atoms with E-state index in [0.717, 1.165) is 5.39 Å². The van der Waals surface area contributed by atoms with Crippen LogP contribution in [0.2, 0.25) is 0 Å². The standard InChI is InChI=1S/C17H11FN2O2/c1-10-15-16(13-7-2-3-8-14(13)22-17(15)21)20(19-10)12-6-4-5-11(18)9-12/h2-9H,1H3. The zero-order valence-corrected chi connectivity index (χ0v) is 11.7. The number of nitrogens with zero attached hydrogens (tertiary/aromatic N) is 2. The second-order valence-electron chi connectivity index (χ2n) is 5.09. The van der Waals surface area contributed by atoms with Gasteiger partial charge in [-0.1, -0.05) is 18.2 Å². The van der Waals surface area contributed by atoms with Crippen LogP contribution >= 0.6 is 0 Å². The number of fused-ring (bicyclic) bond motifs is 3. The molecule has 0 aliphatic carbocycles. The van der Waals surface area contributed by atoms with Crippen LogP contribution < -0.4 is 5.63 Å². The number of aromatic nitrogens is 2. The molecule has 0 saturated heterocycles. The van der Waals surface area contributed by atoms with Gasteiger partial charge in [0.2, 0.25) is 0 Å². The fraction of sp³-hybridized carbons (Fsp3) is 0.0588. The van der Waals surface area contributed by atoms with Crippen LogP contribution in [0.5, 0.6) is 0 Å². The van der Waals surface area contributed by atoms with E-state index in [0.29, 0.717) is 27.9 Å². The summed E-state index contributed by atoms with van der Waals surface area (Å²) in [5, 5.41) is 5.59. The van der Waals surface area contributed by atoms with Crippen molar-refractivity contribution in [3.05, 3.63) is 70.5 Å². The smallest absolute Gasteiger partial charge is 0.347 e. The van der Waals surface area contributed by atoms with E-state index in [4.69, 9.17) is 4.42 Å². The lowest BCUT2D eigenvalue weighted by atomic mass is 10.1. The molecule has 2 heterocycles. The number of hydrogen-bond donors (Lipinski definition) is 0. The van der Waals surface area contributed by atoms with Crippen molar-refractivity contribution >= 4 is 21.9 Å². The topological polar surface area (TPSA) is 48.0 Å². The van der Waals surface area contributed by atoms with Crippen LogP contribution in [-0.4, -0.2) is 9.78 Å². The number of rotatable bonds is 1. The highest BCUT2D eigenvalue weighted by Gasteiger charge is 2.17. The lowest BCUT2D eigenvalue weighted by molar-refractivity contribution is 0.569. The average Bonchev–Trinajstić information content (AvgIpc) is 2.86. The Hall–Kier alpha value is -2.95. The number of halogens is 1. The molecule has 0 amide bonds. The first-order valence-corrected chi connectivity index (χ1v) is 6.82. The van der Waals surface area contributed by atoms with Crippen molar-refractivity contribution in [3.8, 4) is 5.69 Å².